The van der Waals surface area contributed by atoms with Gasteiger partial charge in [0.2, 0.25) is 0 Å². The molecule has 2 aliphatic rings. The van der Waals surface area contributed by atoms with E-state index in [1.54, 1.807) is 26.0 Å². The van der Waals surface area contributed by atoms with Gasteiger partial charge in [0.15, 0.2) is 17.3 Å². The number of nitrogens with one attached hydrogen (secondary N) is 2. The fourth-order valence-electron chi connectivity index (χ4n) is 2.82. The maximum Gasteiger partial charge on any atom is 0.586 e. The third-order valence-corrected chi connectivity index (χ3v) is 5.28. The van der Waals surface area contributed by atoms with Crippen LogP contribution in [0.5, 0.6) is 11.5 Å². The lowest BCUT2D eigenvalue weighted by Crippen LogP contribution is -2.38. The number of hydrogen-bond acceptors (Lipinski definition) is 6. The zero-order valence-corrected chi connectivity index (χ0v) is 14.6. The summed E-state index contributed by atoms with van der Waals surface area (Å²) in [5, 5.41) is 3.09. The number of ketones is 1. The first-order chi connectivity index (χ1) is 12.1. The zero-order chi connectivity index (χ0) is 18.7. The third kappa shape index (κ3) is 2.82. The van der Waals surface area contributed by atoms with Gasteiger partial charge in [-0.15, -0.1) is 20.1 Å². The van der Waals surface area contributed by atoms with Crippen LogP contribution in [-0.2, 0) is 4.79 Å². The number of rotatable bonds is 1. The van der Waals surface area contributed by atoms with Crippen molar-refractivity contribution in [3.8, 4) is 11.5 Å². The molecule has 4 rings (SSSR count). The van der Waals surface area contributed by atoms with Gasteiger partial charge in [0.25, 0.3) is 5.56 Å². The van der Waals surface area contributed by atoms with Crippen LogP contribution in [0.3, 0.4) is 0 Å². The van der Waals surface area contributed by atoms with Gasteiger partial charge < -0.3 is 19.8 Å². The van der Waals surface area contributed by atoms with Crippen LogP contribution in [0.25, 0.3) is 11.6 Å². The molecule has 0 bridgehead atoms. The highest BCUT2D eigenvalue weighted by Gasteiger charge is 2.43. The van der Waals surface area contributed by atoms with Gasteiger partial charge in [-0.1, -0.05) is 6.07 Å². The van der Waals surface area contributed by atoms with Gasteiger partial charge in [0, 0.05) is 12.1 Å². The summed E-state index contributed by atoms with van der Waals surface area (Å²) < 4.78 is 35.8. The van der Waals surface area contributed by atoms with Crippen molar-refractivity contribution < 1.29 is 23.0 Å². The number of H-pyrrole nitrogens is 1. The number of carbonyl (C=O) groups is 1. The number of alkyl halides is 2. The monoisotopic (exact) mass is 380 g/mol. The number of fused-ring (bicyclic) bond motifs is 1. The molecule has 2 N–H and O–H groups in total. The molecular formula is C17H14F2N2O4S. The molecule has 0 unspecified atom stereocenters. The molecule has 26 heavy (non-hydrogen) atoms. The summed E-state index contributed by atoms with van der Waals surface area (Å²) in [5.41, 5.74) is 0.0214. The average Bonchev–Trinajstić information content (AvgIpc) is 3.13. The molecule has 0 atom stereocenters. The molecule has 1 aromatic carbocycles. The molecule has 1 aromatic heterocycles. The lowest BCUT2D eigenvalue weighted by molar-refractivity contribution is -0.286. The Morgan fingerprint density at radius 2 is 1.92 bits per heavy atom. The molecule has 0 radical (unpaired) electrons. The summed E-state index contributed by atoms with van der Waals surface area (Å²) in [5.74, 6) is -0.219. The molecule has 3 heterocycles. The highest BCUT2D eigenvalue weighted by Crippen LogP contribution is 2.41. The molecule has 2 aliphatic heterocycles. The van der Waals surface area contributed by atoms with E-state index in [1.165, 1.54) is 12.1 Å². The highest BCUT2D eigenvalue weighted by molar-refractivity contribution is 7.07. The van der Waals surface area contributed by atoms with E-state index in [2.05, 4.69) is 19.8 Å². The van der Waals surface area contributed by atoms with E-state index < -0.39 is 11.8 Å². The highest BCUT2D eigenvalue weighted by atomic mass is 32.1. The Morgan fingerprint density at radius 3 is 2.62 bits per heavy atom. The summed E-state index contributed by atoms with van der Waals surface area (Å²) in [6.45, 7) is 3.94. The van der Waals surface area contributed by atoms with E-state index in [4.69, 9.17) is 0 Å². The van der Waals surface area contributed by atoms with Crippen LogP contribution in [0.2, 0.25) is 0 Å². The predicted octanol–water partition coefficient (Wildman–Crippen LogP) is 0.688. The fourth-order valence-corrected chi connectivity index (χ4v) is 3.81. The summed E-state index contributed by atoms with van der Waals surface area (Å²) in [6, 6.07) is 4.26. The Morgan fingerprint density at radius 1 is 1.19 bits per heavy atom. The van der Waals surface area contributed by atoms with Crippen LogP contribution >= 0.6 is 11.3 Å². The van der Waals surface area contributed by atoms with Gasteiger partial charge in [0.05, 0.1) is 10.1 Å². The van der Waals surface area contributed by atoms with Gasteiger partial charge in [-0.05, 0) is 37.6 Å². The van der Waals surface area contributed by atoms with Crippen LogP contribution in [0.15, 0.2) is 23.0 Å². The van der Waals surface area contributed by atoms with Crippen LogP contribution in [0.4, 0.5) is 8.78 Å². The Bertz CT molecular complexity index is 1100. The lowest BCUT2D eigenvalue weighted by atomic mass is 10.00. The van der Waals surface area contributed by atoms with Gasteiger partial charge in [-0.3, -0.25) is 9.59 Å². The second kappa shape index (κ2) is 5.49. The Hall–Kier alpha value is -2.52. The number of hydrogen-bond donors (Lipinski definition) is 2. The normalized spacial score (nSPS) is 22.9. The van der Waals surface area contributed by atoms with E-state index in [9.17, 15) is 18.4 Å². The van der Waals surface area contributed by atoms with Crippen molar-refractivity contribution >= 4 is 28.8 Å². The molecule has 0 spiro atoms. The van der Waals surface area contributed by atoms with E-state index in [1.807, 2.05) is 0 Å². The summed E-state index contributed by atoms with van der Waals surface area (Å²) in [7, 11) is 0. The predicted molar refractivity (Wildman–Crippen MR) is 90.9 cm³/mol. The van der Waals surface area contributed by atoms with E-state index in [-0.39, 0.29) is 22.8 Å². The van der Waals surface area contributed by atoms with Crippen molar-refractivity contribution in [1.82, 2.24) is 10.3 Å². The van der Waals surface area contributed by atoms with Gasteiger partial charge in [-0.25, -0.2) is 0 Å². The molecule has 1 saturated heterocycles. The Labute approximate surface area is 149 Å². The number of halogens is 2. The minimum Gasteiger partial charge on any atom is -0.395 e. The number of aromatic nitrogens is 1. The summed E-state index contributed by atoms with van der Waals surface area (Å²) >= 11 is 1.15. The molecule has 0 amide bonds. The molecule has 0 aliphatic carbocycles. The van der Waals surface area contributed by atoms with Gasteiger partial charge >= 0.3 is 6.29 Å². The molecule has 6 nitrogen and oxygen atoms in total. The smallest absolute Gasteiger partial charge is 0.395 e. The van der Waals surface area contributed by atoms with E-state index in [0.29, 0.717) is 26.9 Å². The quantitative estimate of drug-likeness (QED) is 0.761. The summed E-state index contributed by atoms with van der Waals surface area (Å²) in [4.78, 5) is 27.3. The number of benzene rings is 1. The Balaban J connectivity index is 1.76. The summed E-state index contributed by atoms with van der Waals surface area (Å²) in [6.07, 6.45) is -2.14. The second-order valence-corrected chi connectivity index (χ2v) is 7.61. The number of ether oxygens (including phenoxy) is 2. The number of thiazole rings is 1. The average molecular weight is 380 g/mol. The zero-order valence-electron chi connectivity index (χ0n) is 13.8. The molecular weight excluding hydrogens is 366 g/mol. The first-order valence-corrected chi connectivity index (χ1v) is 8.60. The number of Topliss-reactive ketones (excluding diaryl/α,β-unsaturated/α-hetero) is 1. The van der Waals surface area contributed by atoms with Crippen LogP contribution in [-0.4, -0.2) is 29.1 Å². The van der Waals surface area contributed by atoms with Crippen molar-refractivity contribution in [2.75, 3.05) is 6.54 Å². The van der Waals surface area contributed by atoms with E-state index in [0.717, 1.165) is 11.3 Å². The largest absolute Gasteiger partial charge is 0.586 e. The lowest BCUT2D eigenvalue weighted by Gasteiger charge is -2.13. The standard InChI is InChI=1S/C17H14F2N2O4S/c1-16(2)13(22)9(7-20-16)15-21-14(23)12(26-15)6-8-3-4-10-11(5-8)25-17(18,19)24-10/h3-6,20H,7H2,1-2H3,(H,21,23)/b12-6-,15-9+. The van der Waals surface area contributed by atoms with Crippen molar-refractivity contribution in [2.24, 2.45) is 0 Å². The minimum atomic E-state index is -3.69. The van der Waals surface area contributed by atoms with Crippen molar-refractivity contribution in [2.45, 2.75) is 25.7 Å². The van der Waals surface area contributed by atoms with Crippen molar-refractivity contribution in [1.29, 1.82) is 0 Å². The second-order valence-electron chi connectivity index (χ2n) is 6.55. The van der Waals surface area contributed by atoms with Crippen LogP contribution in [0.1, 0.15) is 19.4 Å². The first kappa shape index (κ1) is 16.9. The minimum absolute atomic E-state index is 0.0617. The van der Waals surface area contributed by atoms with Gasteiger partial charge in [0.1, 0.15) is 4.66 Å². The third-order valence-electron chi connectivity index (χ3n) is 4.21. The van der Waals surface area contributed by atoms with Crippen LogP contribution < -0.4 is 29.5 Å². The maximum atomic E-state index is 13.1. The van der Waals surface area contributed by atoms with Crippen LogP contribution in [0, 0.1) is 0 Å². The molecule has 1 fully saturated rings. The Kier molecular flexibility index (Phi) is 3.57. The first-order valence-electron chi connectivity index (χ1n) is 7.78. The molecule has 9 heteroatoms. The SMILES string of the molecule is CC1(C)NC/C(=c2/[nH]c(=O)/c(=C/c3ccc4c(c3)OC(F)(F)O4)s2)C1=O. The topological polar surface area (TPSA) is 80.4 Å². The molecule has 2 aromatic rings. The maximum absolute atomic E-state index is 13.1. The van der Waals surface area contributed by atoms with E-state index >= 15 is 0 Å². The molecule has 136 valence electrons. The van der Waals surface area contributed by atoms with Gasteiger partial charge in [-0.2, -0.15) is 0 Å². The fraction of sp³-hybridized carbons (Fsp3) is 0.294. The van der Waals surface area contributed by atoms with Crippen molar-refractivity contribution in [3.63, 3.8) is 0 Å². The number of carbonyl (C=O) groups excluding carboxylic acids is 1. The number of aromatic amines is 1. The molecule has 0 saturated carbocycles. The van der Waals surface area contributed by atoms with Crippen molar-refractivity contribution in [3.05, 3.63) is 43.3 Å².